The standard InChI is InChI=1S/C15H28N2O2/c1-2-19-13-11-12(17-10-6-7-14(16)18)15(13)8-4-3-5-9-15/h12-13,17H,2-11H2,1H3,(H2,16,18). The van der Waals surface area contributed by atoms with Crippen molar-refractivity contribution >= 4 is 5.91 Å². The average molecular weight is 268 g/mol. The molecule has 0 saturated heterocycles. The summed E-state index contributed by atoms with van der Waals surface area (Å²) in [6, 6.07) is 0.581. The number of carbonyl (C=O) groups is 1. The molecule has 1 spiro atoms. The second-order valence-electron chi connectivity index (χ2n) is 6.05. The van der Waals surface area contributed by atoms with Crippen LogP contribution < -0.4 is 11.1 Å². The average Bonchev–Trinajstić information content (AvgIpc) is 2.41. The summed E-state index contributed by atoms with van der Waals surface area (Å²) in [7, 11) is 0. The Morgan fingerprint density at radius 2 is 2.11 bits per heavy atom. The third kappa shape index (κ3) is 3.29. The smallest absolute Gasteiger partial charge is 0.217 e. The Morgan fingerprint density at radius 1 is 1.37 bits per heavy atom. The molecule has 0 aliphatic heterocycles. The lowest BCUT2D eigenvalue weighted by atomic mass is 9.55. The van der Waals surface area contributed by atoms with Crippen LogP contribution in [0.4, 0.5) is 0 Å². The van der Waals surface area contributed by atoms with E-state index in [1.54, 1.807) is 0 Å². The van der Waals surface area contributed by atoms with Gasteiger partial charge in [-0.25, -0.2) is 0 Å². The molecule has 2 fully saturated rings. The first kappa shape index (κ1) is 14.8. The molecular weight excluding hydrogens is 240 g/mol. The van der Waals surface area contributed by atoms with Crippen molar-refractivity contribution in [1.29, 1.82) is 0 Å². The number of nitrogens with two attached hydrogens (primary N) is 1. The number of ether oxygens (including phenoxy) is 1. The third-order valence-corrected chi connectivity index (χ3v) is 4.93. The van der Waals surface area contributed by atoms with Crippen molar-refractivity contribution in [2.75, 3.05) is 13.2 Å². The largest absolute Gasteiger partial charge is 0.378 e. The Balaban J connectivity index is 1.81. The van der Waals surface area contributed by atoms with E-state index in [1.165, 1.54) is 32.1 Å². The molecule has 4 heteroatoms. The summed E-state index contributed by atoms with van der Waals surface area (Å²) in [6.45, 7) is 3.80. The van der Waals surface area contributed by atoms with E-state index in [0.29, 0.717) is 24.0 Å². The van der Waals surface area contributed by atoms with Crippen molar-refractivity contribution in [2.45, 2.75) is 70.4 Å². The van der Waals surface area contributed by atoms with Gasteiger partial charge in [0.25, 0.3) is 0 Å². The summed E-state index contributed by atoms with van der Waals surface area (Å²) >= 11 is 0. The van der Waals surface area contributed by atoms with Gasteiger partial charge in [0.2, 0.25) is 5.91 Å². The molecule has 2 unspecified atom stereocenters. The Morgan fingerprint density at radius 3 is 2.74 bits per heavy atom. The highest BCUT2D eigenvalue weighted by Gasteiger charge is 2.55. The number of primary amides is 1. The third-order valence-electron chi connectivity index (χ3n) is 4.93. The van der Waals surface area contributed by atoms with E-state index < -0.39 is 0 Å². The summed E-state index contributed by atoms with van der Waals surface area (Å²) < 4.78 is 5.93. The molecule has 0 heterocycles. The second kappa shape index (κ2) is 6.71. The first-order valence-electron chi connectivity index (χ1n) is 7.82. The van der Waals surface area contributed by atoms with Gasteiger partial charge in [0.15, 0.2) is 0 Å². The van der Waals surface area contributed by atoms with E-state index in [2.05, 4.69) is 12.2 Å². The van der Waals surface area contributed by atoms with E-state index >= 15 is 0 Å². The van der Waals surface area contributed by atoms with Crippen LogP contribution in [0, 0.1) is 5.41 Å². The maximum Gasteiger partial charge on any atom is 0.217 e. The first-order valence-corrected chi connectivity index (χ1v) is 7.82. The van der Waals surface area contributed by atoms with Crippen LogP contribution in [-0.2, 0) is 9.53 Å². The number of hydrogen-bond acceptors (Lipinski definition) is 3. The minimum atomic E-state index is -0.199. The van der Waals surface area contributed by atoms with E-state index in [9.17, 15) is 4.79 Å². The zero-order chi connectivity index (χ0) is 13.7. The summed E-state index contributed by atoms with van der Waals surface area (Å²) in [6.07, 6.45) is 9.55. The molecule has 2 rings (SSSR count). The number of nitrogens with one attached hydrogen (secondary N) is 1. The number of carbonyl (C=O) groups excluding carboxylic acids is 1. The van der Waals surface area contributed by atoms with Crippen LogP contribution >= 0.6 is 0 Å². The minimum Gasteiger partial charge on any atom is -0.378 e. The molecule has 4 nitrogen and oxygen atoms in total. The van der Waals surface area contributed by atoms with Gasteiger partial charge in [-0.1, -0.05) is 19.3 Å². The normalized spacial score (nSPS) is 29.1. The zero-order valence-electron chi connectivity index (χ0n) is 12.1. The molecule has 0 aromatic carbocycles. The highest BCUT2D eigenvalue weighted by molar-refractivity contribution is 5.73. The molecule has 2 atom stereocenters. The molecule has 2 aliphatic rings. The van der Waals surface area contributed by atoms with Crippen molar-refractivity contribution < 1.29 is 9.53 Å². The summed E-state index contributed by atoms with van der Waals surface area (Å²) in [4.78, 5) is 10.7. The summed E-state index contributed by atoms with van der Waals surface area (Å²) in [5.74, 6) is -0.199. The van der Waals surface area contributed by atoms with E-state index in [-0.39, 0.29) is 5.91 Å². The van der Waals surface area contributed by atoms with Crippen molar-refractivity contribution in [3.8, 4) is 0 Å². The Labute approximate surface area is 116 Å². The molecule has 110 valence electrons. The molecular formula is C15H28N2O2. The fraction of sp³-hybridized carbons (Fsp3) is 0.933. The predicted molar refractivity (Wildman–Crippen MR) is 75.8 cm³/mol. The second-order valence-corrected chi connectivity index (χ2v) is 6.05. The monoisotopic (exact) mass is 268 g/mol. The molecule has 0 bridgehead atoms. The lowest BCUT2D eigenvalue weighted by molar-refractivity contribution is -0.149. The van der Waals surface area contributed by atoms with Gasteiger partial charge in [-0.2, -0.15) is 0 Å². The molecule has 1 amide bonds. The highest BCUT2D eigenvalue weighted by Crippen LogP contribution is 2.53. The molecule has 3 N–H and O–H groups in total. The number of amides is 1. The summed E-state index contributed by atoms with van der Waals surface area (Å²) in [5, 5.41) is 3.64. The molecule has 0 aromatic rings. The fourth-order valence-electron chi connectivity index (χ4n) is 3.89. The van der Waals surface area contributed by atoms with Gasteiger partial charge >= 0.3 is 0 Å². The van der Waals surface area contributed by atoms with Crippen LogP contribution in [0.15, 0.2) is 0 Å². The highest BCUT2D eigenvalue weighted by atomic mass is 16.5. The Hall–Kier alpha value is -0.610. The van der Waals surface area contributed by atoms with Crippen molar-refractivity contribution in [3.63, 3.8) is 0 Å². The lowest BCUT2D eigenvalue weighted by Crippen LogP contribution is -2.64. The van der Waals surface area contributed by atoms with E-state index in [1.807, 2.05) is 0 Å². The van der Waals surface area contributed by atoms with Gasteiger partial charge in [-0.05, 0) is 39.2 Å². The van der Waals surface area contributed by atoms with Crippen LogP contribution in [-0.4, -0.2) is 31.2 Å². The molecule has 0 radical (unpaired) electrons. The molecule has 0 aromatic heterocycles. The van der Waals surface area contributed by atoms with Gasteiger partial charge in [0.1, 0.15) is 0 Å². The van der Waals surface area contributed by atoms with Gasteiger partial charge in [-0.3, -0.25) is 4.79 Å². The van der Waals surface area contributed by atoms with Crippen molar-refractivity contribution in [3.05, 3.63) is 0 Å². The molecule has 2 aliphatic carbocycles. The van der Waals surface area contributed by atoms with Crippen LogP contribution in [0.25, 0.3) is 0 Å². The maximum atomic E-state index is 10.7. The quantitative estimate of drug-likeness (QED) is 0.694. The van der Waals surface area contributed by atoms with Gasteiger partial charge in [0, 0.05) is 24.5 Å². The first-order chi connectivity index (χ1) is 9.19. The topological polar surface area (TPSA) is 64.3 Å². The number of hydrogen-bond donors (Lipinski definition) is 2. The van der Waals surface area contributed by atoms with Gasteiger partial charge < -0.3 is 15.8 Å². The Bertz CT molecular complexity index is 301. The summed E-state index contributed by atoms with van der Waals surface area (Å²) in [5.41, 5.74) is 5.54. The van der Waals surface area contributed by atoms with E-state index in [4.69, 9.17) is 10.5 Å². The van der Waals surface area contributed by atoms with Crippen molar-refractivity contribution in [2.24, 2.45) is 11.1 Å². The number of rotatable bonds is 7. The van der Waals surface area contributed by atoms with Crippen LogP contribution in [0.2, 0.25) is 0 Å². The Kier molecular flexibility index (Phi) is 5.22. The van der Waals surface area contributed by atoms with Crippen LogP contribution in [0.5, 0.6) is 0 Å². The fourth-order valence-corrected chi connectivity index (χ4v) is 3.89. The van der Waals surface area contributed by atoms with Crippen LogP contribution in [0.1, 0.15) is 58.3 Å². The van der Waals surface area contributed by atoms with Gasteiger partial charge in [-0.15, -0.1) is 0 Å². The molecule has 2 saturated carbocycles. The molecule has 19 heavy (non-hydrogen) atoms. The lowest BCUT2D eigenvalue weighted by Gasteiger charge is -2.58. The van der Waals surface area contributed by atoms with E-state index in [0.717, 1.165) is 26.0 Å². The zero-order valence-corrected chi connectivity index (χ0v) is 12.1. The van der Waals surface area contributed by atoms with Crippen LogP contribution in [0.3, 0.4) is 0 Å². The SMILES string of the molecule is CCOC1CC(NCCCC(N)=O)C12CCCCC2. The maximum absolute atomic E-state index is 10.7. The predicted octanol–water partition coefficient (Wildman–Crippen LogP) is 1.97. The van der Waals surface area contributed by atoms with Crippen molar-refractivity contribution in [1.82, 2.24) is 5.32 Å². The minimum absolute atomic E-state index is 0.199. The van der Waals surface area contributed by atoms with Gasteiger partial charge in [0.05, 0.1) is 6.10 Å².